The summed E-state index contributed by atoms with van der Waals surface area (Å²) in [6, 6.07) is 0. The first-order valence-electron chi connectivity index (χ1n) is 0. The smallest absolute Gasteiger partial charge is 1.00 e. The molecule has 0 aromatic heterocycles. The van der Waals surface area contributed by atoms with Crippen LogP contribution in [0.5, 0.6) is 0 Å². The van der Waals surface area contributed by atoms with Gasteiger partial charge < -0.3 is 11.2 Å². The van der Waals surface area contributed by atoms with Crippen LogP contribution in [0.25, 0.3) is 0 Å². The average molecular weight is 309 g/mol. The Morgan fingerprint density at radius 3 is 1.20 bits per heavy atom. The largest absolute Gasteiger partial charge is 2.00 e. The summed E-state index contributed by atoms with van der Waals surface area (Å²) >= 11 is 0. The van der Waals surface area contributed by atoms with Gasteiger partial charge in [0.2, 0.25) is 0 Å². The third-order valence-electron chi connectivity index (χ3n) is 0. The Morgan fingerprint density at radius 2 is 1.20 bits per heavy atom. The van der Waals surface area contributed by atoms with Crippen molar-refractivity contribution in [3.8, 4) is 0 Å². The van der Waals surface area contributed by atoms with Crippen molar-refractivity contribution >= 4 is 123 Å². The summed E-state index contributed by atoms with van der Waals surface area (Å²) in [5.41, 5.74) is 0. The molecule has 0 aliphatic carbocycles. The van der Waals surface area contributed by atoms with Crippen molar-refractivity contribution < 1.29 is 11.2 Å². The maximum atomic E-state index is 0. The van der Waals surface area contributed by atoms with Crippen molar-refractivity contribution in [2.24, 2.45) is 0 Å². The third-order valence-corrected chi connectivity index (χ3v) is 0. The van der Waals surface area contributed by atoms with E-state index in [1.165, 1.54) is 0 Å². The molecule has 0 radical (unpaired) electrons. The van der Waals surface area contributed by atoms with Gasteiger partial charge in [0.1, 0.15) is 0 Å². The molecule has 2 N–H and O–H groups in total. The zero-order chi connectivity index (χ0) is 0. The second kappa shape index (κ2) is 25.1. The molecule has 0 atom stereocenters. The van der Waals surface area contributed by atoms with Crippen molar-refractivity contribution in [2.75, 3.05) is 0 Å². The zero-order valence-electron chi connectivity index (χ0n) is 5.91. The molecule has 5 heavy (non-hydrogen) atoms. The van der Waals surface area contributed by atoms with Crippen LogP contribution in [0.4, 0.5) is 0 Å². The van der Waals surface area contributed by atoms with Gasteiger partial charge in [-0.1, -0.05) is 0 Å². The minimum absolute atomic E-state index is 0. The van der Waals surface area contributed by atoms with E-state index in [9.17, 15) is 0 Å². The summed E-state index contributed by atoms with van der Waals surface area (Å²) in [4.78, 5) is 0. The molecule has 0 rings (SSSR count). The fourth-order valence-electron chi connectivity index (χ4n) is 0. The number of hydrogen-bond acceptors (Lipinski definition) is 0. The molecule has 0 aromatic carbocycles. The molecule has 0 heterocycles. The van der Waals surface area contributed by atoms with E-state index in [0.29, 0.717) is 0 Å². The molecule has 0 aromatic rings. The second-order valence-electron chi connectivity index (χ2n) is 0. The molecule has 0 saturated carbocycles. The summed E-state index contributed by atoms with van der Waals surface area (Å²) in [6.07, 6.45) is 0. The van der Waals surface area contributed by atoms with Crippen LogP contribution in [0, 0.1) is 0 Å². The number of hydrogen-bond donors (Lipinski definition) is 0. The molecule has 1 nitrogen and oxygen atoms in total. The van der Waals surface area contributed by atoms with Crippen LogP contribution in [0.3, 0.4) is 0 Å². The van der Waals surface area contributed by atoms with Crippen molar-refractivity contribution in [3.63, 3.8) is 0 Å². The van der Waals surface area contributed by atoms with Crippen LogP contribution < -0.4 is 0 Å². The minimum Gasteiger partial charge on any atom is -1.00 e. The van der Waals surface area contributed by atoms with Gasteiger partial charge in [0, 0.05) is 0 Å². The van der Waals surface area contributed by atoms with Crippen LogP contribution >= 0.6 is 0 Å². The van der Waals surface area contributed by atoms with Crippen molar-refractivity contribution in [1.82, 2.24) is 0 Å². The second-order valence-corrected chi connectivity index (χ2v) is 0. The van der Waals surface area contributed by atoms with Gasteiger partial charge in [-0.05, 0) is 11.0 Å². The molecule has 5 heteroatoms. The van der Waals surface area contributed by atoms with E-state index in [2.05, 4.69) is 0 Å². The molecule has 0 aliphatic heterocycles. The molecular weight excluding hydrogens is 296 g/mol. The van der Waals surface area contributed by atoms with E-state index in [1.807, 2.05) is 0 Å². The summed E-state index contributed by atoms with van der Waals surface area (Å²) in [5.74, 6) is 0. The van der Waals surface area contributed by atoms with Gasteiger partial charge in [0.05, 0.1) is 0 Å². The predicted molar refractivity (Wildman–Crippen MR) is 40.8 cm³/mol. The molecule has 0 unspecified atom stereocenters. The Hall–Kier alpha value is 3.76. The maximum Gasteiger partial charge on any atom is 2.00 e. The molecule has 0 saturated heterocycles. The van der Waals surface area contributed by atoms with E-state index in [1.54, 1.807) is 0 Å². The van der Waals surface area contributed by atoms with E-state index in [0.717, 1.165) is 0 Å². The van der Waals surface area contributed by atoms with Crippen molar-refractivity contribution in [2.45, 2.75) is 0 Å². The first-order chi connectivity index (χ1) is 0. The van der Waals surface area contributed by atoms with Gasteiger partial charge in [-0.15, -0.1) is 0 Å². The summed E-state index contributed by atoms with van der Waals surface area (Å²) in [5, 5.41) is 0. The standard InChI is InChI=1S/Al.Ba.H2O.H4Si.Sr.7H/h;;1H2;1H4;;;;;;;;/q;+2;;;+2;;;;4*-1. The van der Waals surface area contributed by atoms with Gasteiger partial charge in [0.25, 0.3) is 0 Å². The Balaban J connectivity index is 0. The Labute approximate surface area is 130 Å². The van der Waals surface area contributed by atoms with E-state index in [4.69, 9.17) is 0 Å². The van der Waals surface area contributed by atoms with Gasteiger partial charge in [-0.25, -0.2) is 0 Å². The van der Waals surface area contributed by atoms with Crippen molar-refractivity contribution in [3.05, 3.63) is 0 Å². The Morgan fingerprint density at radius 1 is 1.20 bits per heavy atom. The molecule has 0 aliphatic rings. The Kier molecular flexibility index (Phi) is 187. The van der Waals surface area contributed by atoms with Crippen LogP contribution in [0.1, 0.15) is 5.71 Å². The van der Waals surface area contributed by atoms with Crippen LogP contribution in [0.2, 0.25) is 0 Å². The normalized spacial score (nSPS) is 0. The fraction of sp³-hybridized carbons (Fsp3) is 0. The van der Waals surface area contributed by atoms with Crippen LogP contribution in [-0.2, 0) is 0 Å². The average Bonchev–Trinajstić information content (AvgIpc) is 0. The summed E-state index contributed by atoms with van der Waals surface area (Å²) < 4.78 is 0. The minimum atomic E-state index is 0. The van der Waals surface area contributed by atoms with Crippen LogP contribution in [0.15, 0.2) is 0 Å². The maximum absolute atomic E-state index is 0. The van der Waals surface area contributed by atoms with Crippen LogP contribution in [-0.4, -0.2) is 128 Å². The first-order valence-corrected chi connectivity index (χ1v) is 0. The SMILES string of the molecule is O.[AlH3].[Ba+2].[H-].[H-].[H-].[H-].[SiH4].[Sr+2]. The molecule has 0 spiro atoms. The van der Waals surface area contributed by atoms with Gasteiger partial charge in [0.15, 0.2) is 17.4 Å². The summed E-state index contributed by atoms with van der Waals surface area (Å²) in [7, 11) is 0. The molecule has 30 valence electrons. The Bertz CT molecular complexity index is 20.5. The van der Waals surface area contributed by atoms with E-state index < -0.39 is 0 Å². The fourth-order valence-corrected chi connectivity index (χ4v) is 0. The first kappa shape index (κ1) is 37.3. The third kappa shape index (κ3) is 18.2. The van der Waals surface area contributed by atoms with E-state index >= 15 is 0 Å². The predicted octanol–water partition coefficient (Wildman–Crippen LogP) is -3.77. The zero-order valence-corrected chi connectivity index (χ0v) is 9.83. The van der Waals surface area contributed by atoms with Gasteiger partial charge in [-0.3, -0.25) is 0 Å². The quantitative estimate of drug-likeness (QED) is 0.412. The molecule has 0 amide bonds. The van der Waals surface area contributed by atoms with Gasteiger partial charge in [-0.2, -0.15) is 0 Å². The molecule has 0 bridgehead atoms. The molecule has 0 fully saturated rings. The monoisotopic (exact) mass is 310 g/mol. The van der Waals surface area contributed by atoms with E-state index in [-0.39, 0.29) is 134 Å². The summed E-state index contributed by atoms with van der Waals surface area (Å²) in [6.45, 7) is 0. The topological polar surface area (TPSA) is 31.5 Å². The number of rotatable bonds is 0. The van der Waals surface area contributed by atoms with Crippen molar-refractivity contribution in [1.29, 1.82) is 0 Å². The molecular formula is H13AlBaOSiSr. The van der Waals surface area contributed by atoms with Gasteiger partial charge >= 0.3 is 94.4 Å².